The van der Waals surface area contributed by atoms with Crippen molar-refractivity contribution in [3.05, 3.63) is 63.6 Å². The maximum Gasteiger partial charge on any atom is 0.253 e. The van der Waals surface area contributed by atoms with Gasteiger partial charge in [0.2, 0.25) is 16.0 Å². The summed E-state index contributed by atoms with van der Waals surface area (Å²) in [5.74, 6) is -1.54. The molecular formula is C20H18Cl2FN5O3S2. The van der Waals surface area contributed by atoms with Gasteiger partial charge in [-0.15, -0.1) is 0 Å². The molecule has 4 rings (SSSR count). The van der Waals surface area contributed by atoms with Gasteiger partial charge in [-0.3, -0.25) is 4.79 Å². The largest absolute Gasteiger partial charge is 0.371 e. The van der Waals surface area contributed by atoms with Crippen molar-refractivity contribution in [1.82, 2.24) is 14.7 Å². The van der Waals surface area contributed by atoms with Crippen molar-refractivity contribution >= 4 is 68.0 Å². The molecule has 33 heavy (non-hydrogen) atoms. The van der Waals surface area contributed by atoms with Crippen molar-refractivity contribution in [3.8, 4) is 0 Å². The number of carbonyl (C=O) groups excluding carboxylic acids is 1. The van der Waals surface area contributed by atoms with Crippen molar-refractivity contribution in [3.63, 3.8) is 0 Å². The van der Waals surface area contributed by atoms with E-state index in [0.29, 0.717) is 9.33 Å². The molecule has 0 spiro atoms. The van der Waals surface area contributed by atoms with Crippen molar-refractivity contribution < 1.29 is 17.6 Å². The first kappa shape index (κ1) is 23.7. The molecule has 1 saturated heterocycles. The van der Waals surface area contributed by atoms with Gasteiger partial charge >= 0.3 is 0 Å². The van der Waals surface area contributed by atoms with Crippen LogP contribution in [0.25, 0.3) is 0 Å². The number of thiol groups is 1. The Hall–Kier alpha value is -2.47. The van der Waals surface area contributed by atoms with Crippen LogP contribution in [0.4, 0.5) is 20.9 Å². The number of halogens is 3. The summed E-state index contributed by atoms with van der Waals surface area (Å²) in [6.45, 7) is 2.00. The van der Waals surface area contributed by atoms with Gasteiger partial charge in [0, 0.05) is 41.9 Å². The van der Waals surface area contributed by atoms with E-state index in [4.69, 9.17) is 23.2 Å². The maximum atomic E-state index is 14.9. The summed E-state index contributed by atoms with van der Waals surface area (Å²) in [5, 5.41) is 3.20. The lowest BCUT2D eigenvalue weighted by atomic mass is 10.1. The van der Waals surface area contributed by atoms with Crippen LogP contribution in [0.5, 0.6) is 0 Å². The fraction of sp³-hybridized carbons (Fsp3) is 0.250. The average molecular weight is 530 g/mol. The minimum Gasteiger partial charge on any atom is -0.371 e. The first-order valence-corrected chi connectivity index (χ1v) is 12.5. The van der Waals surface area contributed by atoms with Crippen LogP contribution >= 0.6 is 34.7 Å². The van der Waals surface area contributed by atoms with Crippen LogP contribution in [-0.2, 0) is 17.4 Å². The highest BCUT2D eigenvalue weighted by Gasteiger charge is 2.23. The van der Waals surface area contributed by atoms with Gasteiger partial charge in [0.15, 0.2) is 0 Å². The third-order valence-electron chi connectivity index (χ3n) is 5.14. The lowest BCUT2D eigenvalue weighted by molar-refractivity contribution is 0.0950. The molecule has 2 aromatic carbocycles. The molecule has 1 amide bonds. The van der Waals surface area contributed by atoms with Gasteiger partial charge in [-0.05, 0) is 42.7 Å². The number of hydrogen-bond donors (Lipinski definition) is 2. The highest BCUT2D eigenvalue weighted by atomic mass is 35.5. The van der Waals surface area contributed by atoms with E-state index in [1.165, 1.54) is 0 Å². The third-order valence-corrected chi connectivity index (χ3v) is 7.20. The SMILES string of the molecule is O=C(NCc1ccc(Cl)cc1N1CCCC1)c1cc(F)c(N(c2ncns2)[SH](=O)=O)cc1Cl. The summed E-state index contributed by atoms with van der Waals surface area (Å²) >= 11 is 13.2. The minimum atomic E-state index is -3.27. The molecular weight excluding hydrogens is 512 g/mol. The van der Waals surface area contributed by atoms with Gasteiger partial charge in [0.1, 0.15) is 12.1 Å². The quantitative estimate of drug-likeness (QED) is 0.445. The second-order valence-electron chi connectivity index (χ2n) is 7.21. The van der Waals surface area contributed by atoms with Crippen molar-refractivity contribution in [2.45, 2.75) is 19.4 Å². The van der Waals surface area contributed by atoms with Gasteiger partial charge in [-0.2, -0.15) is 4.37 Å². The first-order valence-electron chi connectivity index (χ1n) is 9.87. The van der Waals surface area contributed by atoms with Gasteiger partial charge in [0.25, 0.3) is 5.91 Å². The zero-order chi connectivity index (χ0) is 23.5. The van der Waals surface area contributed by atoms with Crippen LogP contribution in [0.1, 0.15) is 28.8 Å². The van der Waals surface area contributed by atoms with Gasteiger partial charge < -0.3 is 10.2 Å². The molecule has 3 aromatic rings. The number of nitrogens with one attached hydrogen (secondary N) is 1. The van der Waals surface area contributed by atoms with Crippen LogP contribution in [0, 0.1) is 5.82 Å². The maximum absolute atomic E-state index is 14.9. The molecule has 2 heterocycles. The average Bonchev–Trinajstić information content (AvgIpc) is 3.49. The summed E-state index contributed by atoms with van der Waals surface area (Å²) in [6, 6.07) is 7.43. The molecule has 174 valence electrons. The van der Waals surface area contributed by atoms with Gasteiger partial charge in [-0.25, -0.2) is 22.1 Å². The number of benzene rings is 2. The predicted octanol–water partition coefficient (Wildman–Crippen LogP) is 4.18. The highest BCUT2D eigenvalue weighted by Crippen LogP contribution is 2.33. The number of rotatable bonds is 7. The van der Waals surface area contributed by atoms with E-state index in [1.807, 2.05) is 12.1 Å². The zero-order valence-corrected chi connectivity index (χ0v) is 20.2. The standard InChI is InChI=1S/C20H18Cl2FN5O3S2/c21-13-4-3-12(17(7-13)27-5-1-2-6-27)10-24-19(29)14-8-16(23)18(9-15(14)22)28(33(30)31)20-25-11-26-32-20/h3-4,7-9,11,33H,1-2,5-6,10H2,(H,24,29). The number of aromatic nitrogens is 2. The van der Waals surface area contributed by atoms with Gasteiger partial charge in [0.05, 0.1) is 16.3 Å². The molecule has 0 saturated carbocycles. The molecule has 0 atom stereocenters. The number of nitrogens with zero attached hydrogens (tertiary/aromatic N) is 4. The minimum absolute atomic E-state index is 0.0459. The Morgan fingerprint density at radius 2 is 1.97 bits per heavy atom. The summed E-state index contributed by atoms with van der Waals surface area (Å²) in [6.07, 6.45) is 3.32. The molecule has 0 radical (unpaired) electrons. The second kappa shape index (κ2) is 10.2. The van der Waals surface area contributed by atoms with E-state index in [0.717, 1.165) is 67.2 Å². The number of hydrogen-bond acceptors (Lipinski definition) is 7. The molecule has 1 N–H and O–H groups in total. The fourth-order valence-electron chi connectivity index (χ4n) is 3.60. The number of amides is 1. The lowest BCUT2D eigenvalue weighted by Gasteiger charge is -2.22. The summed E-state index contributed by atoms with van der Waals surface area (Å²) < 4.78 is 42.7. The third kappa shape index (κ3) is 5.21. The Kier molecular flexibility index (Phi) is 7.32. The highest BCUT2D eigenvalue weighted by molar-refractivity contribution is 7.74. The molecule has 1 aliphatic rings. The topological polar surface area (TPSA) is 95.5 Å². The van der Waals surface area contributed by atoms with Crippen molar-refractivity contribution in [2.75, 3.05) is 22.3 Å². The smallest absolute Gasteiger partial charge is 0.253 e. The van der Waals surface area contributed by atoms with Crippen molar-refractivity contribution in [2.24, 2.45) is 0 Å². The Morgan fingerprint density at radius 3 is 2.64 bits per heavy atom. The van der Waals surface area contributed by atoms with E-state index in [9.17, 15) is 17.6 Å². The summed E-state index contributed by atoms with van der Waals surface area (Å²) in [5.41, 5.74) is 1.35. The Balaban J connectivity index is 1.56. The number of carbonyl (C=O) groups is 1. The molecule has 0 unspecified atom stereocenters. The van der Waals surface area contributed by atoms with Crippen LogP contribution in [0.15, 0.2) is 36.7 Å². The molecule has 0 aliphatic carbocycles. The Labute approximate surface area is 205 Å². The zero-order valence-electron chi connectivity index (χ0n) is 17.0. The van der Waals surface area contributed by atoms with Crippen LogP contribution in [-0.4, -0.2) is 36.8 Å². The molecule has 1 aromatic heterocycles. The lowest BCUT2D eigenvalue weighted by Crippen LogP contribution is -2.26. The second-order valence-corrected chi connectivity index (χ2v) is 9.68. The Morgan fingerprint density at radius 1 is 1.21 bits per heavy atom. The number of anilines is 3. The fourth-order valence-corrected chi connectivity index (χ4v) is 5.30. The van der Waals surface area contributed by atoms with E-state index in [2.05, 4.69) is 19.6 Å². The predicted molar refractivity (Wildman–Crippen MR) is 128 cm³/mol. The van der Waals surface area contributed by atoms with Gasteiger partial charge in [-0.1, -0.05) is 29.3 Å². The summed E-state index contributed by atoms with van der Waals surface area (Å²) in [7, 11) is -3.27. The molecule has 0 bridgehead atoms. The van der Waals surface area contributed by atoms with E-state index < -0.39 is 22.6 Å². The monoisotopic (exact) mass is 529 g/mol. The van der Waals surface area contributed by atoms with Crippen LogP contribution in [0.3, 0.4) is 0 Å². The molecule has 13 heteroatoms. The van der Waals surface area contributed by atoms with E-state index in [-0.39, 0.29) is 27.9 Å². The first-order chi connectivity index (χ1) is 15.8. The normalized spacial score (nSPS) is 13.5. The summed E-state index contributed by atoms with van der Waals surface area (Å²) in [4.78, 5) is 18.8. The molecule has 1 aliphatic heterocycles. The van der Waals surface area contributed by atoms with E-state index >= 15 is 0 Å². The molecule has 1 fully saturated rings. The van der Waals surface area contributed by atoms with Crippen LogP contribution in [0.2, 0.25) is 10.0 Å². The Bertz CT molecular complexity index is 1240. The van der Waals surface area contributed by atoms with Crippen LogP contribution < -0.4 is 14.5 Å². The van der Waals surface area contributed by atoms with E-state index in [1.54, 1.807) is 6.07 Å². The molecule has 8 nitrogen and oxygen atoms in total. The van der Waals surface area contributed by atoms with Crippen molar-refractivity contribution in [1.29, 1.82) is 0 Å².